The third-order valence-electron chi connectivity index (χ3n) is 2.43. The molecular weight excluding hydrogens is 206 g/mol. The highest BCUT2D eigenvalue weighted by molar-refractivity contribution is 5.77. The molecule has 16 heavy (non-hydrogen) atoms. The van der Waals surface area contributed by atoms with Gasteiger partial charge < -0.3 is 10.4 Å². The van der Waals surface area contributed by atoms with Crippen molar-refractivity contribution in [3.05, 3.63) is 12.7 Å². The average Bonchev–Trinajstić information content (AvgIpc) is 2.17. The van der Waals surface area contributed by atoms with Crippen LogP contribution in [-0.4, -0.2) is 23.0 Å². The van der Waals surface area contributed by atoms with Crippen LogP contribution in [-0.2, 0) is 9.59 Å². The van der Waals surface area contributed by atoms with E-state index in [1.807, 2.05) is 6.92 Å². The minimum absolute atomic E-state index is 0.0335. The fraction of sp³-hybridized carbons (Fsp3) is 0.667. The van der Waals surface area contributed by atoms with E-state index in [-0.39, 0.29) is 17.9 Å². The number of rotatable bonds is 8. The van der Waals surface area contributed by atoms with Gasteiger partial charge in [-0.15, -0.1) is 6.58 Å². The van der Waals surface area contributed by atoms with E-state index >= 15 is 0 Å². The second kappa shape index (κ2) is 7.91. The molecule has 0 aliphatic rings. The van der Waals surface area contributed by atoms with Gasteiger partial charge in [-0.2, -0.15) is 0 Å². The topological polar surface area (TPSA) is 66.4 Å². The van der Waals surface area contributed by atoms with Crippen LogP contribution in [0.5, 0.6) is 0 Å². The molecule has 4 nitrogen and oxygen atoms in total. The van der Waals surface area contributed by atoms with Gasteiger partial charge in [-0.05, 0) is 19.8 Å². The minimum atomic E-state index is -0.761. The molecule has 2 atom stereocenters. The second-order valence-corrected chi connectivity index (χ2v) is 4.13. The van der Waals surface area contributed by atoms with Crippen molar-refractivity contribution in [1.82, 2.24) is 5.32 Å². The molecule has 0 aliphatic carbocycles. The zero-order valence-electron chi connectivity index (χ0n) is 10.0. The molecule has 0 rings (SSSR count). The zero-order chi connectivity index (χ0) is 12.6. The standard InChI is InChI=1S/C12H21NO3/c1-4-6-11(14)13-10(3)8-5-7-9(2)12(15)16/h4,9-10H,1,5-8H2,2-3H3,(H,13,14)(H,15,16). The number of nitrogens with one attached hydrogen (secondary N) is 1. The number of carboxylic acid groups (broad SMARTS) is 1. The van der Waals surface area contributed by atoms with Crippen molar-refractivity contribution < 1.29 is 14.7 Å². The van der Waals surface area contributed by atoms with Gasteiger partial charge in [0.1, 0.15) is 0 Å². The van der Waals surface area contributed by atoms with Crippen molar-refractivity contribution in [2.45, 2.75) is 45.6 Å². The maximum Gasteiger partial charge on any atom is 0.306 e. The summed E-state index contributed by atoms with van der Waals surface area (Å²) >= 11 is 0. The summed E-state index contributed by atoms with van der Waals surface area (Å²) in [5, 5.41) is 11.5. The van der Waals surface area contributed by atoms with Crippen molar-refractivity contribution in [3.63, 3.8) is 0 Å². The van der Waals surface area contributed by atoms with E-state index in [9.17, 15) is 9.59 Å². The van der Waals surface area contributed by atoms with E-state index in [0.717, 1.165) is 12.8 Å². The van der Waals surface area contributed by atoms with Crippen LogP contribution in [0, 0.1) is 5.92 Å². The van der Waals surface area contributed by atoms with Crippen LogP contribution in [0.2, 0.25) is 0 Å². The molecule has 1 amide bonds. The summed E-state index contributed by atoms with van der Waals surface area (Å²) in [6.07, 6.45) is 4.16. The molecule has 0 saturated carbocycles. The van der Waals surface area contributed by atoms with Crippen LogP contribution >= 0.6 is 0 Å². The van der Waals surface area contributed by atoms with E-state index < -0.39 is 5.97 Å². The van der Waals surface area contributed by atoms with Gasteiger partial charge in [-0.1, -0.05) is 19.4 Å². The van der Waals surface area contributed by atoms with Gasteiger partial charge in [0.2, 0.25) is 5.91 Å². The first-order chi connectivity index (χ1) is 7.47. The maximum atomic E-state index is 11.2. The first-order valence-electron chi connectivity index (χ1n) is 5.60. The molecule has 0 radical (unpaired) electrons. The fourth-order valence-corrected chi connectivity index (χ4v) is 1.39. The van der Waals surface area contributed by atoms with Gasteiger partial charge in [0.05, 0.1) is 5.92 Å². The Morgan fingerprint density at radius 3 is 2.50 bits per heavy atom. The van der Waals surface area contributed by atoms with Gasteiger partial charge in [-0.25, -0.2) is 0 Å². The van der Waals surface area contributed by atoms with Crippen LogP contribution < -0.4 is 5.32 Å². The summed E-state index contributed by atoms with van der Waals surface area (Å²) in [7, 11) is 0. The second-order valence-electron chi connectivity index (χ2n) is 4.13. The Bertz CT molecular complexity index is 251. The molecular formula is C12H21NO3. The molecule has 0 aliphatic heterocycles. The molecule has 0 bridgehead atoms. The van der Waals surface area contributed by atoms with Crippen LogP contribution in [0.4, 0.5) is 0 Å². The van der Waals surface area contributed by atoms with Gasteiger partial charge >= 0.3 is 5.97 Å². The normalized spacial score (nSPS) is 13.9. The third kappa shape index (κ3) is 7.04. The summed E-state index contributed by atoms with van der Waals surface area (Å²) in [6, 6.07) is 0.0912. The Hall–Kier alpha value is -1.32. The number of carbonyl (C=O) groups excluding carboxylic acids is 1. The summed E-state index contributed by atoms with van der Waals surface area (Å²) in [4.78, 5) is 21.7. The highest BCUT2D eigenvalue weighted by Crippen LogP contribution is 2.09. The highest BCUT2D eigenvalue weighted by atomic mass is 16.4. The smallest absolute Gasteiger partial charge is 0.306 e. The average molecular weight is 227 g/mol. The molecule has 0 heterocycles. The number of hydrogen-bond donors (Lipinski definition) is 2. The van der Waals surface area contributed by atoms with E-state index in [0.29, 0.717) is 12.8 Å². The number of aliphatic carboxylic acids is 1. The number of carbonyl (C=O) groups is 2. The van der Waals surface area contributed by atoms with Gasteiger partial charge in [0, 0.05) is 12.5 Å². The molecule has 0 fully saturated rings. The molecule has 0 aromatic heterocycles. The lowest BCUT2D eigenvalue weighted by Gasteiger charge is -2.13. The van der Waals surface area contributed by atoms with E-state index in [1.54, 1.807) is 13.0 Å². The minimum Gasteiger partial charge on any atom is -0.481 e. The molecule has 2 unspecified atom stereocenters. The SMILES string of the molecule is C=CCC(=O)NC(C)CCCC(C)C(=O)O. The summed E-state index contributed by atoms with van der Waals surface area (Å²) in [5.74, 6) is -1.10. The maximum absolute atomic E-state index is 11.2. The molecule has 0 aromatic rings. The molecule has 0 saturated heterocycles. The van der Waals surface area contributed by atoms with E-state index in [2.05, 4.69) is 11.9 Å². The fourth-order valence-electron chi connectivity index (χ4n) is 1.39. The Morgan fingerprint density at radius 1 is 1.38 bits per heavy atom. The Morgan fingerprint density at radius 2 is 2.00 bits per heavy atom. The zero-order valence-corrected chi connectivity index (χ0v) is 10.0. The van der Waals surface area contributed by atoms with Gasteiger partial charge in [0.15, 0.2) is 0 Å². The van der Waals surface area contributed by atoms with E-state index in [1.165, 1.54) is 0 Å². The predicted molar refractivity (Wildman–Crippen MR) is 63.1 cm³/mol. The first kappa shape index (κ1) is 14.7. The van der Waals surface area contributed by atoms with Crippen molar-refractivity contribution in [1.29, 1.82) is 0 Å². The van der Waals surface area contributed by atoms with E-state index in [4.69, 9.17) is 5.11 Å². The summed E-state index contributed by atoms with van der Waals surface area (Å²) in [5.41, 5.74) is 0. The molecule has 4 heteroatoms. The van der Waals surface area contributed by atoms with Gasteiger partial charge in [-0.3, -0.25) is 9.59 Å². The molecule has 0 aromatic carbocycles. The lowest BCUT2D eigenvalue weighted by molar-refractivity contribution is -0.141. The molecule has 2 N–H and O–H groups in total. The molecule has 92 valence electrons. The van der Waals surface area contributed by atoms with Crippen LogP contribution in [0.3, 0.4) is 0 Å². The largest absolute Gasteiger partial charge is 0.481 e. The lowest BCUT2D eigenvalue weighted by atomic mass is 10.0. The lowest BCUT2D eigenvalue weighted by Crippen LogP contribution is -2.32. The summed E-state index contributed by atoms with van der Waals surface area (Å²) < 4.78 is 0. The predicted octanol–water partition coefficient (Wildman–Crippen LogP) is 1.96. The Labute approximate surface area is 96.7 Å². The number of carboxylic acids is 1. The highest BCUT2D eigenvalue weighted by Gasteiger charge is 2.11. The Balaban J connectivity index is 3.65. The van der Waals surface area contributed by atoms with Crippen LogP contribution in [0.25, 0.3) is 0 Å². The monoisotopic (exact) mass is 227 g/mol. The van der Waals surface area contributed by atoms with Crippen LogP contribution in [0.15, 0.2) is 12.7 Å². The van der Waals surface area contributed by atoms with Crippen LogP contribution in [0.1, 0.15) is 39.5 Å². The van der Waals surface area contributed by atoms with Gasteiger partial charge in [0.25, 0.3) is 0 Å². The third-order valence-corrected chi connectivity index (χ3v) is 2.43. The Kier molecular flexibility index (Phi) is 7.25. The molecule has 0 spiro atoms. The van der Waals surface area contributed by atoms with Crippen molar-refractivity contribution in [2.24, 2.45) is 5.92 Å². The van der Waals surface area contributed by atoms with Crippen molar-refractivity contribution in [3.8, 4) is 0 Å². The number of amides is 1. The quantitative estimate of drug-likeness (QED) is 0.623. The summed E-state index contributed by atoms with van der Waals surface area (Å²) in [6.45, 7) is 7.11. The van der Waals surface area contributed by atoms with Crippen molar-refractivity contribution in [2.75, 3.05) is 0 Å². The first-order valence-corrected chi connectivity index (χ1v) is 5.60. The van der Waals surface area contributed by atoms with Crippen molar-refractivity contribution >= 4 is 11.9 Å². The number of hydrogen-bond acceptors (Lipinski definition) is 2.